The number of hydrogen-bond acceptors (Lipinski definition) is 16. The molecule has 8 rings (SSSR count). The molecule has 0 spiro atoms. The average molecular weight is 598 g/mol. The summed E-state index contributed by atoms with van der Waals surface area (Å²) in [6.45, 7) is 0.498. The minimum Gasteiger partial charge on any atom is -0.446 e. The van der Waals surface area contributed by atoms with Gasteiger partial charge in [-0.2, -0.15) is 0 Å². The van der Waals surface area contributed by atoms with Crippen molar-refractivity contribution < 1.29 is 35.7 Å². The van der Waals surface area contributed by atoms with Crippen LogP contribution in [0.25, 0.3) is 69.5 Å². The Labute approximate surface area is 244 Å². The second-order valence-electron chi connectivity index (χ2n) is 9.61. The lowest BCUT2D eigenvalue weighted by Crippen LogP contribution is -2.29. The van der Waals surface area contributed by atoms with Gasteiger partial charge in [0, 0.05) is 0 Å². The molecule has 17 nitrogen and oxygen atoms in total. The Balaban J connectivity index is 1.19. The van der Waals surface area contributed by atoms with Gasteiger partial charge in [0.15, 0.2) is 39.9 Å². The molecular weight excluding hydrogens is 578 g/mol. The Morgan fingerprint density at radius 2 is 0.886 bits per heavy atom. The van der Waals surface area contributed by atoms with E-state index in [1.54, 1.807) is 0 Å². The number of aromatic nitrogens is 7. The summed E-state index contributed by atoms with van der Waals surface area (Å²) in [7, 11) is 0. The van der Waals surface area contributed by atoms with Crippen molar-refractivity contribution in [1.29, 1.82) is 0 Å². The van der Waals surface area contributed by atoms with Gasteiger partial charge in [0.2, 0.25) is 41.2 Å². The highest BCUT2D eigenvalue weighted by Crippen LogP contribution is 2.31. The Kier molecular flexibility index (Phi) is 6.00. The molecule has 7 aromatic rings. The highest BCUT2D eigenvalue weighted by Gasteiger charge is 2.26. The van der Waals surface area contributed by atoms with Crippen LogP contribution in [0.1, 0.15) is 41.7 Å². The van der Waals surface area contributed by atoms with Crippen molar-refractivity contribution >= 4 is 5.91 Å². The first-order chi connectivity index (χ1) is 21.6. The van der Waals surface area contributed by atoms with Crippen LogP contribution < -0.4 is 11.1 Å². The maximum atomic E-state index is 13.2. The molecule has 0 saturated carbocycles. The third kappa shape index (κ3) is 4.56. The molecule has 1 atom stereocenters. The van der Waals surface area contributed by atoms with Crippen molar-refractivity contribution in [3.8, 4) is 69.5 Å². The molecule has 0 radical (unpaired) electrons. The number of carbonyl (C=O) groups excluding carboxylic acids is 1. The predicted octanol–water partition coefficient (Wildman–Crippen LogP) is 4.52. The van der Waals surface area contributed by atoms with Gasteiger partial charge in [-0.3, -0.25) is 4.79 Å². The van der Waals surface area contributed by atoms with E-state index in [4.69, 9.17) is 36.7 Å². The standard InChI is InChI=1S/C27H19N9O8/c28-4-2-1-3-12-21-31-15(6-39-21)23-33-17(8-41-23)25-35-19(10-43-25)27-36-18(11-44-27)26-34-16(9-42-26)24-32-14(7-40-24)22-30-13(5-38-22)20(37)29-12/h5-12H,1-4,28H2,(H,29,37). The highest BCUT2D eigenvalue weighted by molar-refractivity contribution is 5.92. The maximum absolute atomic E-state index is 13.2. The minimum atomic E-state index is -0.608. The maximum Gasteiger partial charge on any atom is 0.273 e. The van der Waals surface area contributed by atoms with Gasteiger partial charge < -0.3 is 42.0 Å². The first kappa shape index (κ1) is 25.6. The first-order valence-corrected chi connectivity index (χ1v) is 13.3. The molecule has 0 aliphatic carbocycles. The number of oxazole rings is 7. The normalized spacial score (nSPS) is 14.4. The summed E-state index contributed by atoms with van der Waals surface area (Å²) in [4.78, 5) is 44.0. The molecule has 1 aliphatic heterocycles. The van der Waals surface area contributed by atoms with Gasteiger partial charge >= 0.3 is 0 Å². The summed E-state index contributed by atoms with van der Waals surface area (Å²) in [5.74, 6) is 0.551. The fourth-order valence-corrected chi connectivity index (χ4v) is 4.47. The molecule has 17 heteroatoms. The van der Waals surface area contributed by atoms with Crippen LogP contribution in [-0.2, 0) is 0 Å². The number of amides is 1. The number of nitrogens with two attached hydrogens (primary N) is 1. The summed E-state index contributed by atoms with van der Waals surface area (Å²) in [5, 5.41) is 2.90. The van der Waals surface area contributed by atoms with Crippen LogP contribution in [0.3, 0.4) is 0 Å². The Morgan fingerprint density at radius 1 is 0.523 bits per heavy atom. The first-order valence-electron chi connectivity index (χ1n) is 13.3. The Hall–Kier alpha value is -6.10. The van der Waals surface area contributed by atoms with Crippen LogP contribution in [0, 0.1) is 0 Å². The molecule has 1 unspecified atom stereocenters. The third-order valence-electron chi connectivity index (χ3n) is 6.64. The quantitative estimate of drug-likeness (QED) is 0.265. The smallest absolute Gasteiger partial charge is 0.273 e. The van der Waals surface area contributed by atoms with E-state index in [9.17, 15) is 4.79 Å². The molecule has 8 heterocycles. The van der Waals surface area contributed by atoms with Crippen molar-refractivity contribution in [2.75, 3.05) is 6.54 Å². The van der Waals surface area contributed by atoms with Crippen molar-refractivity contribution in [3.05, 3.63) is 55.4 Å². The van der Waals surface area contributed by atoms with E-state index in [0.717, 1.165) is 6.42 Å². The summed E-state index contributed by atoms with van der Waals surface area (Å²) in [6.07, 6.45) is 11.3. The lowest BCUT2D eigenvalue weighted by Gasteiger charge is -2.14. The second-order valence-corrected chi connectivity index (χ2v) is 9.61. The largest absolute Gasteiger partial charge is 0.446 e. The molecule has 7 aromatic heterocycles. The molecule has 220 valence electrons. The number of unbranched alkanes of at least 4 members (excludes halogenated alkanes) is 1. The zero-order valence-corrected chi connectivity index (χ0v) is 22.4. The zero-order valence-electron chi connectivity index (χ0n) is 22.4. The lowest BCUT2D eigenvalue weighted by atomic mass is 10.1. The third-order valence-corrected chi connectivity index (χ3v) is 6.64. The predicted molar refractivity (Wildman–Crippen MR) is 143 cm³/mol. The fourth-order valence-electron chi connectivity index (χ4n) is 4.47. The van der Waals surface area contributed by atoms with Gasteiger partial charge in [-0.1, -0.05) is 0 Å². The Morgan fingerprint density at radius 3 is 1.32 bits per heavy atom. The van der Waals surface area contributed by atoms with E-state index < -0.39 is 11.9 Å². The van der Waals surface area contributed by atoms with Crippen molar-refractivity contribution in [2.45, 2.75) is 25.3 Å². The van der Waals surface area contributed by atoms with Crippen LogP contribution in [0.15, 0.2) is 74.8 Å². The summed E-state index contributed by atoms with van der Waals surface area (Å²) >= 11 is 0. The molecule has 3 N–H and O–H groups in total. The summed E-state index contributed by atoms with van der Waals surface area (Å²) in [6, 6.07) is -0.608. The van der Waals surface area contributed by atoms with Crippen molar-refractivity contribution in [3.63, 3.8) is 0 Å². The lowest BCUT2D eigenvalue weighted by molar-refractivity contribution is 0.0922. The number of nitrogens with one attached hydrogen (secondary N) is 1. The summed E-state index contributed by atoms with van der Waals surface area (Å²) < 4.78 is 39.2. The SMILES string of the molecule is NCCCCC1NC(=O)c2coc(n2)-c2coc(n2)-c2coc(n2)-c2coc(n2)-c2coc(n2)-c2coc(n2)-c2coc1n2. The highest BCUT2D eigenvalue weighted by atomic mass is 16.4. The monoisotopic (exact) mass is 597 g/mol. The fraction of sp³-hybridized carbons (Fsp3) is 0.185. The molecule has 14 bridgehead atoms. The van der Waals surface area contributed by atoms with Crippen LogP contribution in [-0.4, -0.2) is 47.3 Å². The molecule has 0 saturated heterocycles. The van der Waals surface area contributed by atoms with Crippen molar-refractivity contribution in [1.82, 2.24) is 40.2 Å². The van der Waals surface area contributed by atoms with E-state index >= 15 is 0 Å². The molecule has 0 fully saturated rings. The molecule has 1 aliphatic rings. The topological polar surface area (TPSA) is 237 Å². The number of nitrogens with zero attached hydrogens (tertiary/aromatic N) is 7. The van der Waals surface area contributed by atoms with E-state index in [1.807, 2.05) is 0 Å². The van der Waals surface area contributed by atoms with Crippen LogP contribution in [0.5, 0.6) is 0 Å². The number of carbonyl (C=O) groups is 1. The zero-order chi connectivity index (χ0) is 29.6. The number of hydrogen-bond donors (Lipinski definition) is 2. The van der Waals surface area contributed by atoms with Gasteiger partial charge in [0.25, 0.3) is 5.91 Å². The van der Waals surface area contributed by atoms with Gasteiger partial charge in [0.05, 0.1) is 0 Å². The van der Waals surface area contributed by atoms with Crippen LogP contribution >= 0.6 is 0 Å². The van der Waals surface area contributed by atoms with Gasteiger partial charge in [-0.05, 0) is 25.8 Å². The van der Waals surface area contributed by atoms with Gasteiger partial charge in [-0.25, -0.2) is 34.9 Å². The summed E-state index contributed by atoms with van der Waals surface area (Å²) in [5.41, 5.74) is 7.43. The second kappa shape index (κ2) is 10.3. The van der Waals surface area contributed by atoms with E-state index in [-0.39, 0.29) is 58.3 Å². The van der Waals surface area contributed by atoms with Crippen molar-refractivity contribution in [2.24, 2.45) is 5.73 Å². The Bertz CT molecular complexity index is 2090. The average Bonchev–Trinajstić information content (AvgIpc) is 3.86. The van der Waals surface area contributed by atoms with E-state index in [1.165, 1.54) is 43.8 Å². The molecule has 1 amide bonds. The minimum absolute atomic E-state index is 0.0165. The molecular formula is C27H19N9O8. The number of rotatable bonds is 4. The van der Waals surface area contributed by atoms with Crippen LogP contribution in [0.2, 0.25) is 0 Å². The van der Waals surface area contributed by atoms with E-state index in [2.05, 4.69) is 40.2 Å². The van der Waals surface area contributed by atoms with E-state index in [0.29, 0.717) is 42.2 Å². The number of fused-ring (bicyclic) bond motifs is 20. The molecule has 44 heavy (non-hydrogen) atoms. The van der Waals surface area contributed by atoms with Gasteiger partial charge in [-0.15, -0.1) is 0 Å². The van der Waals surface area contributed by atoms with Gasteiger partial charge in [0.1, 0.15) is 49.9 Å². The van der Waals surface area contributed by atoms with Crippen LogP contribution in [0.4, 0.5) is 0 Å². The molecule has 0 aromatic carbocycles.